The fraction of sp³-hybridized carbons (Fsp3) is 0.375. The van der Waals surface area contributed by atoms with E-state index in [1.54, 1.807) is 18.4 Å². The summed E-state index contributed by atoms with van der Waals surface area (Å²) in [4.78, 5) is 2.49. The summed E-state index contributed by atoms with van der Waals surface area (Å²) >= 11 is 11.9. The van der Waals surface area contributed by atoms with Crippen LogP contribution in [0.2, 0.25) is 0 Å². The van der Waals surface area contributed by atoms with Crippen LogP contribution in [0.4, 0.5) is 0 Å². The van der Waals surface area contributed by atoms with Crippen LogP contribution in [0.5, 0.6) is 5.75 Å². The van der Waals surface area contributed by atoms with Crippen LogP contribution < -0.4 is 4.74 Å². The van der Waals surface area contributed by atoms with Crippen LogP contribution in [0, 0.1) is 0 Å². The first-order valence-electron chi connectivity index (χ1n) is 6.40. The number of alkyl halides is 1. The number of rotatable bonds is 3. The number of benzene rings is 1. The lowest BCUT2D eigenvalue weighted by molar-refractivity contribution is 0.410. The molecule has 1 aromatic heterocycles. The van der Waals surface area contributed by atoms with E-state index in [2.05, 4.69) is 48.8 Å². The van der Waals surface area contributed by atoms with Gasteiger partial charge in [-0.2, -0.15) is 0 Å². The first-order chi connectivity index (χ1) is 9.32. The molecule has 0 amide bonds. The minimum Gasteiger partial charge on any atom is -0.496 e. The van der Waals surface area contributed by atoms with Crippen LogP contribution in [0.15, 0.2) is 34.8 Å². The molecule has 1 nitrogen and oxygen atoms in total. The van der Waals surface area contributed by atoms with Gasteiger partial charge in [-0.1, -0.05) is 42.8 Å². The highest BCUT2D eigenvalue weighted by atomic mass is 79.9. The van der Waals surface area contributed by atoms with Crippen molar-refractivity contribution < 1.29 is 4.74 Å². The molecule has 0 saturated heterocycles. The van der Waals surface area contributed by atoms with Gasteiger partial charge in [-0.05, 0) is 29.7 Å². The first-order valence-corrected chi connectivity index (χ1v) is 8.45. The highest BCUT2D eigenvalue weighted by molar-refractivity contribution is 9.10. The molecule has 2 aromatic rings. The van der Waals surface area contributed by atoms with Crippen molar-refractivity contribution in [3.63, 3.8) is 0 Å². The van der Waals surface area contributed by atoms with Gasteiger partial charge >= 0.3 is 0 Å². The summed E-state index contributed by atoms with van der Waals surface area (Å²) in [5.74, 6) is 0.810. The monoisotopic (exact) mass is 372 g/mol. The normalized spacial score (nSPS) is 13.3. The van der Waals surface area contributed by atoms with Crippen LogP contribution in [0.3, 0.4) is 0 Å². The molecule has 1 heterocycles. The van der Waals surface area contributed by atoms with E-state index in [1.807, 2.05) is 18.2 Å². The van der Waals surface area contributed by atoms with Crippen molar-refractivity contribution in [3.05, 3.63) is 50.1 Å². The van der Waals surface area contributed by atoms with E-state index in [1.165, 1.54) is 4.88 Å². The van der Waals surface area contributed by atoms with Gasteiger partial charge in [0.15, 0.2) is 0 Å². The number of hydrogen-bond donors (Lipinski definition) is 0. The molecule has 1 unspecified atom stereocenters. The highest BCUT2D eigenvalue weighted by Crippen LogP contribution is 2.41. The lowest BCUT2D eigenvalue weighted by Crippen LogP contribution is -2.07. The van der Waals surface area contributed by atoms with Gasteiger partial charge in [0.1, 0.15) is 5.75 Å². The van der Waals surface area contributed by atoms with E-state index >= 15 is 0 Å². The van der Waals surface area contributed by atoms with Gasteiger partial charge in [0, 0.05) is 19.8 Å². The third-order valence-corrected chi connectivity index (χ3v) is 5.75. The Morgan fingerprint density at radius 1 is 1.20 bits per heavy atom. The van der Waals surface area contributed by atoms with Crippen molar-refractivity contribution in [3.8, 4) is 5.75 Å². The third kappa shape index (κ3) is 3.38. The van der Waals surface area contributed by atoms with Crippen LogP contribution in [-0.2, 0) is 5.41 Å². The average molecular weight is 374 g/mol. The second kappa shape index (κ2) is 6.08. The number of ether oxygens (including phenoxy) is 1. The lowest BCUT2D eigenvalue weighted by Gasteiger charge is -2.16. The predicted molar refractivity (Wildman–Crippen MR) is 91.4 cm³/mol. The molecule has 20 heavy (non-hydrogen) atoms. The molecule has 0 aliphatic rings. The molecular formula is C16H18BrClOS. The van der Waals surface area contributed by atoms with Gasteiger partial charge in [-0.25, -0.2) is 0 Å². The number of halogens is 2. The van der Waals surface area contributed by atoms with Crippen molar-refractivity contribution in [1.29, 1.82) is 0 Å². The van der Waals surface area contributed by atoms with Crippen molar-refractivity contribution in [2.45, 2.75) is 31.6 Å². The highest BCUT2D eigenvalue weighted by Gasteiger charge is 2.21. The Hall–Kier alpha value is -0.510. The molecule has 0 spiro atoms. The van der Waals surface area contributed by atoms with Gasteiger partial charge in [-0.15, -0.1) is 22.9 Å². The molecule has 0 radical (unpaired) electrons. The van der Waals surface area contributed by atoms with Crippen LogP contribution in [-0.4, -0.2) is 7.11 Å². The smallest absolute Gasteiger partial charge is 0.125 e. The maximum Gasteiger partial charge on any atom is 0.125 e. The molecule has 0 N–H and O–H groups in total. The Bertz CT molecular complexity index is 601. The predicted octanol–water partition coefficient (Wildman–Crippen LogP) is 6.14. The largest absolute Gasteiger partial charge is 0.496 e. The van der Waals surface area contributed by atoms with Crippen molar-refractivity contribution in [2.75, 3.05) is 7.11 Å². The second-order valence-electron chi connectivity index (χ2n) is 5.70. The number of hydrogen-bond acceptors (Lipinski definition) is 2. The molecule has 1 aromatic carbocycles. The van der Waals surface area contributed by atoms with Gasteiger partial charge in [-0.3, -0.25) is 0 Å². The SMILES string of the molecule is COc1cc(Br)ccc1C(Cl)c1ccc(C(C)(C)C)s1. The van der Waals surface area contributed by atoms with Gasteiger partial charge in [0.25, 0.3) is 0 Å². The lowest BCUT2D eigenvalue weighted by atomic mass is 9.95. The van der Waals surface area contributed by atoms with Crippen molar-refractivity contribution in [2.24, 2.45) is 0 Å². The maximum absolute atomic E-state index is 6.65. The molecule has 0 saturated carbocycles. The molecule has 4 heteroatoms. The van der Waals surface area contributed by atoms with E-state index < -0.39 is 0 Å². The molecule has 0 aliphatic carbocycles. The Labute approximate surface area is 138 Å². The fourth-order valence-corrected chi connectivity index (χ4v) is 3.73. The van der Waals surface area contributed by atoms with E-state index in [0.717, 1.165) is 20.7 Å². The number of methoxy groups -OCH3 is 1. The minimum atomic E-state index is -0.181. The van der Waals surface area contributed by atoms with Crippen LogP contribution >= 0.6 is 38.9 Å². The zero-order chi connectivity index (χ0) is 14.9. The van der Waals surface area contributed by atoms with Crippen molar-refractivity contribution in [1.82, 2.24) is 0 Å². The average Bonchev–Trinajstić information content (AvgIpc) is 2.87. The Morgan fingerprint density at radius 3 is 2.45 bits per heavy atom. The van der Waals surface area contributed by atoms with E-state index in [4.69, 9.17) is 16.3 Å². The Balaban J connectivity index is 2.36. The maximum atomic E-state index is 6.65. The first kappa shape index (κ1) is 15.9. The van der Waals surface area contributed by atoms with Crippen LogP contribution in [0.1, 0.15) is 41.5 Å². The summed E-state index contributed by atoms with van der Waals surface area (Å²) < 4.78 is 6.42. The molecule has 2 rings (SSSR count). The Morgan fingerprint density at radius 2 is 1.90 bits per heavy atom. The van der Waals surface area contributed by atoms with Crippen molar-refractivity contribution >= 4 is 38.9 Å². The molecule has 1 atom stereocenters. The molecule has 0 bridgehead atoms. The standard InChI is InChI=1S/C16H18BrClOS/c1-16(2,3)14-8-7-13(20-14)15(18)11-6-5-10(17)9-12(11)19-4/h5-9,15H,1-4H3. The van der Waals surface area contributed by atoms with Gasteiger partial charge in [0.05, 0.1) is 12.5 Å². The molecule has 0 aliphatic heterocycles. The summed E-state index contributed by atoms with van der Waals surface area (Å²) in [6.07, 6.45) is 0. The quantitative estimate of drug-likeness (QED) is 0.587. The Kier molecular flexibility index (Phi) is 4.83. The summed E-state index contributed by atoms with van der Waals surface area (Å²) in [7, 11) is 1.67. The fourth-order valence-electron chi connectivity index (χ4n) is 1.94. The second-order valence-corrected chi connectivity index (χ2v) is 8.17. The molecule has 108 valence electrons. The minimum absolute atomic E-state index is 0.156. The van der Waals surface area contributed by atoms with Gasteiger partial charge < -0.3 is 4.74 Å². The van der Waals surface area contributed by atoms with E-state index in [9.17, 15) is 0 Å². The van der Waals surface area contributed by atoms with Gasteiger partial charge in [0.2, 0.25) is 0 Å². The van der Waals surface area contributed by atoms with E-state index in [0.29, 0.717) is 0 Å². The van der Waals surface area contributed by atoms with E-state index in [-0.39, 0.29) is 10.8 Å². The number of thiophene rings is 1. The zero-order valence-corrected chi connectivity index (χ0v) is 15.2. The topological polar surface area (TPSA) is 9.23 Å². The van der Waals surface area contributed by atoms with Crippen LogP contribution in [0.25, 0.3) is 0 Å². The summed E-state index contributed by atoms with van der Waals surface area (Å²) in [6, 6.07) is 10.2. The summed E-state index contributed by atoms with van der Waals surface area (Å²) in [5.41, 5.74) is 1.16. The molecule has 0 fully saturated rings. The zero-order valence-electron chi connectivity index (χ0n) is 12.0. The molecular weight excluding hydrogens is 356 g/mol. The summed E-state index contributed by atoms with van der Waals surface area (Å²) in [5, 5.41) is -0.181. The third-order valence-electron chi connectivity index (χ3n) is 3.08. The summed E-state index contributed by atoms with van der Waals surface area (Å²) in [6.45, 7) is 6.64.